The molecule has 0 saturated carbocycles. The first-order valence-corrected chi connectivity index (χ1v) is 17.0. The van der Waals surface area contributed by atoms with Crippen molar-refractivity contribution in [2.75, 3.05) is 42.1 Å². The number of benzene rings is 2. The van der Waals surface area contributed by atoms with Gasteiger partial charge in [0.15, 0.2) is 5.82 Å². The highest BCUT2D eigenvalue weighted by molar-refractivity contribution is 6.01. The van der Waals surface area contributed by atoms with E-state index in [1.165, 1.54) is 11.8 Å². The van der Waals surface area contributed by atoms with Gasteiger partial charge < -0.3 is 26.0 Å². The zero-order valence-electron chi connectivity index (χ0n) is 27.0. The number of nitrogens with two attached hydrogens (primary N) is 1. The van der Waals surface area contributed by atoms with Crippen LogP contribution in [0.1, 0.15) is 68.5 Å². The number of nitrogen functional groups attached to an aromatic ring is 1. The molecular formula is C37H42FN7O3. The van der Waals surface area contributed by atoms with E-state index in [0.717, 1.165) is 80.5 Å². The van der Waals surface area contributed by atoms with Gasteiger partial charge in [-0.3, -0.25) is 14.9 Å². The van der Waals surface area contributed by atoms with E-state index < -0.39 is 6.04 Å². The van der Waals surface area contributed by atoms with Crippen molar-refractivity contribution in [3.05, 3.63) is 83.5 Å². The molecule has 11 heteroatoms. The number of rotatable bonds is 7. The first-order chi connectivity index (χ1) is 23.3. The van der Waals surface area contributed by atoms with Crippen molar-refractivity contribution in [2.45, 2.75) is 69.4 Å². The van der Waals surface area contributed by atoms with E-state index in [-0.39, 0.29) is 35.7 Å². The molecular weight excluding hydrogens is 609 g/mol. The van der Waals surface area contributed by atoms with Gasteiger partial charge in [0.05, 0.1) is 5.69 Å². The fourth-order valence-corrected chi connectivity index (χ4v) is 7.59. The largest absolute Gasteiger partial charge is 0.508 e. The van der Waals surface area contributed by atoms with Gasteiger partial charge in [0.1, 0.15) is 17.6 Å². The van der Waals surface area contributed by atoms with Crippen molar-refractivity contribution >= 4 is 34.6 Å². The number of aliphatic hydroxyl groups excluding tert-OH is 1. The molecule has 1 unspecified atom stereocenters. The first-order valence-electron chi connectivity index (χ1n) is 17.0. The molecule has 5 N–H and O–H groups in total. The fourth-order valence-electron chi connectivity index (χ4n) is 7.59. The summed E-state index contributed by atoms with van der Waals surface area (Å²) in [6, 6.07) is 15.5. The maximum atomic E-state index is 15.2. The summed E-state index contributed by atoms with van der Waals surface area (Å²) in [5, 5.41) is 24.2. The molecule has 4 aliphatic rings. The number of carbonyl (C=O) groups is 2. The van der Waals surface area contributed by atoms with Crippen LogP contribution in [0.5, 0.6) is 0 Å². The van der Waals surface area contributed by atoms with Crippen molar-refractivity contribution in [2.24, 2.45) is 0 Å². The average molecular weight is 652 g/mol. The number of nitrogens with one attached hydrogen (secondary N) is 2. The maximum Gasteiger partial charge on any atom is 0.249 e. The topological polar surface area (TPSA) is 137 Å². The number of piperidine rings is 3. The number of nitrogens with zero attached hydrogens (tertiary/aromatic N) is 4. The molecule has 250 valence electrons. The molecule has 10 nitrogen and oxygen atoms in total. The number of aromatic nitrogens is 2. The lowest BCUT2D eigenvalue weighted by Gasteiger charge is -2.42. The van der Waals surface area contributed by atoms with Crippen LogP contribution >= 0.6 is 0 Å². The second-order valence-corrected chi connectivity index (χ2v) is 13.3. The number of hydrogen-bond acceptors (Lipinski definition) is 9. The fraction of sp³-hybridized carbons (Fsp3) is 0.405. The molecule has 48 heavy (non-hydrogen) atoms. The van der Waals surface area contributed by atoms with Crippen molar-refractivity contribution in [3.63, 3.8) is 0 Å². The Morgan fingerprint density at radius 2 is 1.69 bits per heavy atom. The molecule has 4 heterocycles. The summed E-state index contributed by atoms with van der Waals surface area (Å²) >= 11 is 0. The minimum absolute atomic E-state index is 0.173. The molecule has 1 aromatic heterocycles. The number of amides is 2. The van der Waals surface area contributed by atoms with Crippen LogP contribution in [0.25, 0.3) is 16.7 Å². The minimum atomic E-state index is -0.529. The van der Waals surface area contributed by atoms with E-state index in [1.54, 1.807) is 6.08 Å². The van der Waals surface area contributed by atoms with Crippen LogP contribution in [0.4, 0.5) is 21.6 Å². The third-order valence-corrected chi connectivity index (χ3v) is 10.4. The monoisotopic (exact) mass is 651 g/mol. The van der Waals surface area contributed by atoms with Gasteiger partial charge in [-0.25, -0.2) is 4.39 Å². The van der Waals surface area contributed by atoms with Gasteiger partial charge in [-0.15, -0.1) is 10.2 Å². The number of allylic oxidation sites excluding steroid dienone is 3. The van der Waals surface area contributed by atoms with Gasteiger partial charge in [-0.2, -0.15) is 0 Å². The lowest BCUT2D eigenvalue weighted by Crippen LogP contribution is -2.47. The summed E-state index contributed by atoms with van der Waals surface area (Å²) in [5.74, 6) is -0.102. The zero-order chi connectivity index (χ0) is 33.2. The highest BCUT2D eigenvalue weighted by atomic mass is 19.1. The van der Waals surface area contributed by atoms with Crippen LogP contribution in [-0.4, -0.2) is 70.3 Å². The first kappa shape index (κ1) is 31.8. The SMILES string of the molecule is Nc1nnc(C2=C(O)C=CCC2)cc1-c1ccc(N2CCC(N3CCC(c4ccc(NC5CCC(=O)NC5=O)cc4F)CC3)CC2)cc1. The van der Waals surface area contributed by atoms with E-state index in [1.807, 2.05) is 24.3 Å². The second-order valence-electron chi connectivity index (χ2n) is 13.3. The van der Waals surface area contributed by atoms with Crippen LogP contribution in [0.15, 0.2) is 66.4 Å². The minimum Gasteiger partial charge on any atom is -0.508 e. The molecule has 3 fully saturated rings. The van der Waals surface area contributed by atoms with Crippen LogP contribution in [0.2, 0.25) is 0 Å². The van der Waals surface area contributed by atoms with Crippen LogP contribution in [-0.2, 0) is 9.59 Å². The summed E-state index contributed by atoms with van der Waals surface area (Å²) in [7, 11) is 0. The van der Waals surface area contributed by atoms with Crippen LogP contribution in [0, 0.1) is 5.82 Å². The lowest BCUT2D eigenvalue weighted by atomic mass is 9.87. The number of anilines is 3. The molecule has 3 saturated heterocycles. The Balaban J connectivity index is 0.910. The molecule has 0 bridgehead atoms. The molecule has 7 rings (SSSR count). The maximum absolute atomic E-state index is 15.2. The zero-order valence-corrected chi connectivity index (χ0v) is 27.0. The van der Waals surface area contributed by atoms with E-state index in [0.29, 0.717) is 36.1 Å². The lowest BCUT2D eigenvalue weighted by molar-refractivity contribution is -0.133. The second kappa shape index (κ2) is 13.8. The Bertz CT molecular complexity index is 1740. The molecule has 0 spiro atoms. The predicted octanol–water partition coefficient (Wildman–Crippen LogP) is 5.55. The molecule has 3 aliphatic heterocycles. The van der Waals surface area contributed by atoms with Gasteiger partial charge in [0.2, 0.25) is 11.8 Å². The molecule has 2 aromatic carbocycles. The van der Waals surface area contributed by atoms with E-state index in [2.05, 4.69) is 54.9 Å². The van der Waals surface area contributed by atoms with Crippen LogP contribution in [0.3, 0.4) is 0 Å². The quantitative estimate of drug-likeness (QED) is 0.243. The summed E-state index contributed by atoms with van der Waals surface area (Å²) in [6.07, 6.45) is 9.92. The molecule has 1 atom stereocenters. The Morgan fingerprint density at radius 3 is 2.40 bits per heavy atom. The van der Waals surface area contributed by atoms with Gasteiger partial charge in [0, 0.05) is 48.1 Å². The smallest absolute Gasteiger partial charge is 0.249 e. The summed E-state index contributed by atoms with van der Waals surface area (Å²) in [4.78, 5) is 28.5. The van der Waals surface area contributed by atoms with Gasteiger partial charge >= 0.3 is 0 Å². The third-order valence-electron chi connectivity index (χ3n) is 10.4. The standard InChI is InChI=1S/C37H42FN7O3/c38-31-21-25(40-32-11-12-35(47)41-37(32)48)7-10-28(31)24-13-17-44(18-14-24)27-15-19-45(20-16-27)26-8-5-23(6-9-26)30-22-33(42-43-36(30)39)29-3-1-2-4-34(29)46/h2,4-10,21-22,24,27,32,40,46H,1,3,11-20H2,(H2,39,43)(H,41,47,48). The number of carbonyl (C=O) groups excluding carboxylic acids is 2. The van der Waals surface area contributed by atoms with Crippen molar-refractivity contribution in [1.82, 2.24) is 20.4 Å². The normalized spacial score (nSPS) is 21.4. The summed E-state index contributed by atoms with van der Waals surface area (Å²) in [6.45, 7) is 3.86. The highest BCUT2D eigenvalue weighted by Gasteiger charge is 2.31. The average Bonchev–Trinajstić information content (AvgIpc) is 3.10. The molecule has 0 radical (unpaired) electrons. The number of aliphatic hydroxyl groups is 1. The van der Waals surface area contributed by atoms with E-state index in [9.17, 15) is 14.7 Å². The number of halogens is 1. The van der Waals surface area contributed by atoms with Crippen molar-refractivity contribution in [3.8, 4) is 11.1 Å². The summed E-state index contributed by atoms with van der Waals surface area (Å²) in [5.41, 5.74) is 11.9. The highest BCUT2D eigenvalue weighted by Crippen LogP contribution is 2.35. The Labute approximate surface area is 279 Å². The Morgan fingerprint density at radius 1 is 0.917 bits per heavy atom. The Hall–Kier alpha value is -4.77. The third kappa shape index (κ3) is 6.78. The number of likely N-dealkylation sites (tertiary alicyclic amines) is 1. The molecule has 1 aliphatic carbocycles. The predicted molar refractivity (Wildman–Crippen MR) is 185 cm³/mol. The van der Waals surface area contributed by atoms with Gasteiger partial charge in [-0.05, 0) is 111 Å². The van der Waals surface area contributed by atoms with Crippen molar-refractivity contribution in [1.29, 1.82) is 0 Å². The summed E-state index contributed by atoms with van der Waals surface area (Å²) < 4.78 is 15.2. The molecule has 3 aromatic rings. The number of hydrogen-bond donors (Lipinski definition) is 4. The molecule has 2 amide bonds. The van der Waals surface area contributed by atoms with E-state index >= 15 is 4.39 Å². The van der Waals surface area contributed by atoms with Crippen LogP contribution < -0.4 is 21.3 Å². The van der Waals surface area contributed by atoms with Crippen molar-refractivity contribution < 1.29 is 19.1 Å². The van der Waals surface area contributed by atoms with Gasteiger partial charge in [0.25, 0.3) is 0 Å². The number of imide groups is 1. The van der Waals surface area contributed by atoms with E-state index in [4.69, 9.17) is 5.73 Å². The van der Waals surface area contributed by atoms with Gasteiger partial charge in [-0.1, -0.05) is 24.3 Å². The Kier molecular flexibility index (Phi) is 9.12.